The third kappa shape index (κ3) is 2.11. The van der Waals surface area contributed by atoms with Crippen molar-refractivity contribution in [2.45, 2.75) is 0 Å². The van der Waals surface area contributed by atoms with Gasteiger partial charge >= 0.3 is 0 Å². The van der Waals surface area contributed by atoms with Crippen LogP contribution in [0.25, 0.3) is 16.8 Å². The van der Waals surface area contributed by atoms with Crippen LogP contribution in [-0.4, -0.2) is 13.0 Å². The van der Waals surface area contributed by atoms with E-state index in [1.165, 1.54) is 5.39 Å². The standard InChI is InChI=1S/C14H13NO/c1-15-14(16)10-9-12-7-4-6-11-5-2-3-8-13(11)12/h2-10H,1H3,(H,15,16)/b10-9+. The summed E-state index contributed by atoms with van der Waals surface area (Å²) >= 11 is 0. The molecule has 0 atom stereocenters. The van der Waals surface area contributed by atoms with Gasteiger partial charge in [0.25, 0.3) is 0 Å². The molecule has 0 spiro atoms. The van der Waals surface area contributed by atoms with Gasteiger partial charge in [0, 0.05) is 13.1 Å². The van der Waals surface area contributed by atoms with Crippen LogP contribution in [0.2, 0.25) is 0 Å². The lowest BCUT2D eigenvalue weighted by Gasteiger charge is -2.01. The molecule has 2 rings (SSSR count). The Morgan fingerprint density at radius 3 is 2.69 bits per heavy atom. The molecule has 0 bridgehead atoms. The van der Waals surface area contributed by atoms with Gasteiger partial charge in [0.15, 0.2) is 0 Å². The quantitative estimate of drug-likeness (QED) is 0.760. The van der Waals surface area contributed by atoms with E-state index in [2.05, 4.69) is 23.5 Å². The number of carbonyl (C=O) groups excluding carboxylic acids is 1. The van der Waals surface area contributed by atoms with Crippen LogP contribution in [0.4, 0.5) is 0 Å². The van der Waals surface area contributed by atoms with Gasteiger partial charge in [0.05, 0.1) is 0 Å². The van der Waals surface area contributed by atoms with Crippen LogP contribution in [0.5, 0.6) is 0 Å². The largest absolute Gasteiger partial charge is 0.356 e. The first-order chi connectivity index (χ1) is 7.81. The van der Waals surface area contributed by atoms with Crippen molar-refractivity contribution in [2.24, 2.45) is 0 Å². The second-order valence-corrected chi connectivity index (χ2v) is 3.52. The third-order valence-corrected chi connectivity index (χ3v) is 2.48. The minimum absolute atomic E-state index is 0.0899. The Balaban J connectivity index is 2.45. The van der Waals surface area contributed by atoms with Crippen molar-refractivity contribution in [2.75, 3.05) is 7.05 Å². The smallest absolute Gasteiger partial charge is 0.243 e. The van der Waals surface area contributed by atoms with Crippen LogP contribution < -0.4 is 5.32 Å². The Morgan fingerprint density at radius 2 is 1.88 bits per heavy atom. The molecule has 0 aliphatic rings. The van der Waals surface area contributed by atoms with Gasteiger partial charge in [0.1, 0.15) is 0 Å². The molecule has 0 saturated heterocycles. The fraction of sp³-hybridized carbons (Fsp3) is 0.0714. The molecule has 2 heteroatoms. The highest BCUT2D eigenvalue weighted by Crippen LogP contribution is 2.19. The van der Waals surface area contributed by atoms with Crippen molar-refractivity contribution in [1.82, 2.24) is 5.32 Å². The zero-order valence-corrected chi connectivity index (χ0v) is 9.10. The van der Waals surface area contributed by atoms with Crippen LogP contribution in [0.1, 0.15) is 5.56 Å². The van der Waals surface area contributed by atoms with Crippen molar-refractivity contribution in [3.8, 4) is 0 Å². The summed E-state index contributed by atoms with van der Waals surface area (Å²) < 4.78 is 0. The predicted octanol–water partition coefficient (Wildman–Crippen LogP) is 2.60. The second-order valence-electron chi connectivity index (χ2n) is 3.52. The molecule has 16 heavy (non-hydrogen) atoms. The summed E-state index contributed by atoms with van der Waals surface area (Å²) in [6.45, 7) is 0. The topological polar surface area (TPSA) is 29.1 Å². The van der Waals surface area contributed by atoms with Gasteiger partial charge in [-0.2, -0.15) is 0 Å². The molecule has 2 aromatic rings. The summed E-state index contributed by atoms with van der Waals surface area (Å²) in [4.78, 5) is 11.1. The number of fused-ring (bicyclic) bond motifs is 1. The number of nitrogens with one attached hydrogen (secondary N) is 1. The SMILES string of the molecule is CNC(=O)/C=C/c1cccc2ccccc12. The van der Waals surface area contributed by atoms with E-state index in [0.29, 0.717) is 0 Å². The van der Waals surface area contributed by atoms with Gasteiger partial charge in [-0.1, -0.05) is 42.5 Å². The van der Waals surface area contributed by atoms with Gasteiger partial charge in [-0.05, 0) is 22.4 Å². The molecule has 0 unspecified atom stereocenters. The Hall–Kier alpha value is -2.09. The number of carbonyl (C=O) groups is 1. The van der Waals surface area contributed by atoms with E-state index < -0.39 is 0 Å². The highest BCUT2D eigenvalue weighted by molar-refractivity contribution is 5.96. The Labute approximate surface area is 94.6 Å². The zero-order valence-electron chi connectivity index (χ0n) is 9.10. The average molecular weight is 211 g/mol. The molecule has 80 valence electrons. The van der Waals surface area contributed by atoms with Crippen molar-refractivity contribution in [1.29, 1.82) is 0 Å². The molecule has 1 amide bonds. The fourth-order valence-electron chi connectivity index (χ4n) is 1.64. The van der Waals surface area contributed by atoms with Gasteiger partial charge < -0.3 is 5.32 Å². The van der Waals surface area contributed by atoms with Crippen molar-refractivity contribution in [3.63, 3.8) is 0 Å². The van der Waals surface area contributed by atoms with E-state index in [4.69, 9.17) is 0 Å². The van der Waals surface area contributed by atoms with E-state index in [-0.39, 0.29) is 5.91 Å². The van der Waals surface area contributed by atoms with Crippen LogP contribution in [0.3, 0.4) is 0 Å². The maximum atomic E-state index is 11.1. The van der Waals surface area contributed by atoms with Crippen LogP contribution in [0, 0.1) is 0 Å². The molecule has 0 aliphatic heterocycles. The summed E-state index contributed by atoms with van der Waals surface area (Å²) in [6.07, 6.45) is 3.38. The lowest BCUT2D eigenvalue weighted by Crippen LogP contribution is -2.13. The summed E-state index contributed by atoms with van der Waals surface area (Å²) in [7, 11) is 1.62. The average Bonchev–Trinajstić information content (AvgIpc) is 2.35. The van der Waals surface area contributed by atoms with Gasteiger partial charge in [-0.15, -0.1) is 0 Å². The van der Waals surface area contributed by atoms with Gasteiger partial charge in [-0.25, -0.2) is 0 Å². The normalized spacial score (nSPS) is 10.8. The van der Waals surface area contributed by atoms with Crippen molar-refractivity contribution in [3.05, 3.63) is 54.1 Å². The molecule has 0 aliphatic carbocycles. The lowest BCUT2D eigenvalue weighted by molar-refractivity contribution is -0.115. The number of benzene rings is 2. The van der Waals surface area contributed by atoms with Crippen molar-refractivity contribution < 1.29 is 4.79 Å². The zero-order chi connectivity index (χ0) is 11.4. The highest BCUT2D eigenvalue weighted by atomic mass is 16.1. The van der Waals surface area contributed by atoms with Crippen LogP contribution in [0.15, 0.2) is 48.5 Å². The van der Waals surface area contributed by atoms with E-state index >= 15 is 0 Å². The molecule has 0 radical (unpaired) electrons. The van der Waals surface area contributed by atoms with E-state index in [9.17, 15) is 4.79 Å². The van der Waals surface area contributed by atoms with Crippen molar-refractivity contribution >= 4 is 22.8 Å². The first-order valence-corrected chi connectivity index (χ1v) is 5.19. The Morgan fingerprint density at radius 1 is 1.12 bits per heavy atom. The molecular weight excluding hydrogens is 198 g/mol. The minimum atomic E-state index is -0.0899. The molecule has 2 nitrogen and oxygen atoms in total. The number of hydrogen-bond acceptors (Lipinski definition) is 1. The lowest BCUT2D eigenvalue weighted by atomic mass is 10.0. The minimum Gasteiger partial charge on any atom is -0.356 e. The van der Waals surface area contributed by atoms with E-state index in [0.717, 1.165) is 10.9 Å². The first-order valence-electron chi connectivity index (χ1n) is 5.19. The maximum Gasteiger partial charge on any atom is 0.243 e. The number of likely N-dealkylation sites (N-methyl/N-ethyl adjacent to an activating group) is 1. The number of rotatable bonds is 2. The predicted molar refractivity (Wildman–Crippen MR) is 67.0 cm³/mol. The maximum absolute atomic E-state index is 11.1. The van der Waals surface area contributed by atoms with Crippen LogP contribution in [-0.2, 0) is 4.79 Å². The molecular formula is C14H13NO. The molecule has 0 heterocycles. The fourth-order valence-corrected chi connectivity index (χ4v) is 1.64. The summed E-state index contributed by atoms with van der Waals surface area (Å²) in [6, 6.07) is 14.2. The summed E-state index contributed by atoms with van der Waals surface area (Å²) in [5.41, 5.74) is 1.06. The van der Waals surface area contributed by atoms with E-state index in [1.54, 1.807) is 13.1 Å². The Bertz CT molecular complexity index is 538. The van der Waals surface area contributed by atoms with E-state index in [1.807, 2.05) is 30.3 Å². The molecule has 0 fully saturated rings. The summed E-state index contributed by atoms with van der Waals surface area (Å²) in [5.74, 6) is -0.0899. The first kappa shape index (κ1) is 10.4. The van der Waals surface area contributed by atoms with Gasteiger partial charge in [-0.3, -0.25) is 4.79 Å². The molecule has 0 saturated carbocycles. The number of hydrogen-bond donors (Lipinski definition) is 1. The number of amides is 1. The highest BCUT2D eigenvalue weighted by Gasteiger charge is 1.96. The third-order valence-electron chi connectivity index (χ3n) is 2.48. The summed E-state index contributed by atoms with van der Waals surface area (Å²) in [5, 5.41) is 4.90. The second kappa shape index (κ2) is 4.62. The molecule has 0 aromatic heterocycles. The molecule has 1 N–H and O–H groups in total. The Kier molecular flexibility index (Phi) is 3.01. The monoisotopic (exact) mass is 211 g/mol. The molecule has 2 aromatic carbocycles. The van der Waals surface area contributed by atoms with Gasteiger partial charge in [0.2, 0.25) is 5.91 Å². The van der Waals surface area contributed by atoms with Crippen LogP contribution >= 0.6 is 0 Å².